The van der Waals surface area contributed by atoms with Crippen molar-refractivity contribution in [2.45, 2.75) is 26.2 Å². The molecule has 3 aromatic rings. The molecule has 142 valence electrons. The Hall–Kier alpha value is -2.81. The Bertz CT molecular complexity index is 919. The largest absolute Gasteiger partial charge is 0.467 e. The molecule has 2 heterocycles. The van der Waals surface area contributed by atoms with Crippen molar-refractivity contribution < 1.29 is 17.6 Å². The van der Waals surface area contributed by atoms with Crippen LogP contribution in [-0.4, -0.2) is 14.9 Å². The minimum atomic E-state index is -4.37. The summed E-state index contributed by atoms with van der Waals surface area (Å²) in [4.78, 5) is 0. The van der Waals surface area contributed by atoms with E-state index in [1.54, 1.807) is 29.1 Å². The lowest BCUT2D eigenvalue weighted by Gasteiger charge is -2.10. The predicted octanol–water partition coefficient (Wildman–Crippen LogP) is 4.34. The molecule has 9 heteroatoms. The van der Waals surface area contributed by atoms with E-state index in [9.17, 15) is 13.2 Å². The average molecular weight is 394 g/mol. The zero-order valence-corrected chi connectivity index (χ0v) is 15.2. The first-order valence-corrected chi connectivity index (χ1v) is 8.50. The van der Waals surface area contributed by atoms with Crippen LogP contribution in [0.5, 0.6) is 0 Å². The fraction of sp³-hybridized carbons (Fsp3) is 0.222. The van der Waals surface area contributed by atoms with Gasteiger partial charge in [0.05, 0.1) is 24.9 Å². The summed E-state index contributed by atoms with van der Waals surface area (Å²) in [5.74, 6) is 1.25. The lowest BCUT2D eigenvalue weighted by Crippen LogP contribution is -2.27. The number of aryl methyl sites for hydroxylation is 1. The molecule has 5 nitrogen and oxygen atoms in total. The number of benzene rings is 1. The van der Waals surface area contributed by atoms with Crippen LogP contribution in [0.3, 0.4) is 0 Å². The Morgan fingerprint density at radius 3 is 2.74 bits per heavy atom. The highest BCUT2D eigenvalue weighted by molar-refractivity contribution is 7.80. The first-order valence-electron chi connectivity index (χ1n) is 8.09. The zero-order chi connectivity index (χ0) is 19.4. The first kappa shape index (κ1) is 19.0. The van der Waals surface area contributed by atoms with Gasteiger partial charge in [-0.15, -0.1) is 0 Å². The van der Waals surface area contributed by atoms with E-state index in [1.807, 2.05) is 13.0 Å². The van der Waals surface area contributed by atoms with Crippen molar-refractivity contribution in [3.05, 3.63) is 71.3 Å². The summed E-state index contributed by atoms with van der Waals surface area (Å²) in [5.41, 5.74) is 0.635. The molecule has 0 unspecified atom stereocenters. The number of hydrogen-bond acceptors (Lipinski definition) is 3. The normalized spacial score (nSPS) is 11.4. The lowest BCUT2D eigenvalue weighted by atomic mass is 10.1. The van der Waals surface area contributed by atoms with Gasteiger partial charge in [0.25, 0.3) is 0 Å². The molecule has 0 saturated carbocycles. The van der Waals surface area contributed by atoms with Crippen LogP contribution < -0.4 is 10.6 Å². The van der Waals surface area contributed by atoms with Crippen molar-refractivity contribution in [1.29, 1.82) is 0 Å². The fourth-order valence-corrected chi connectivity index (χ4v) is 2.67. The molecule has 0 atom stereocenters. The van der Waals surface area contributed by atoms with Gasteiger partial charge in [0.1, 0.15) is 5.76 Å². The standard InChI is InChI=1S/C18H17F3N4OS/c1-12-8-16(23-17(27)22-10-15-6-3-7-26-15)24-25(12)11-13-4-2-5-14(9-13)18(19,20)21/h2-9H,10-11H2,1H3,(H2,22,23,24,27). The van der Waals surface area contributed by atoms with E-state index in [0.29, 0.717) is 23.0 Å². The number of alkyl halides is 3. The summed E-state index contributed by atoms with van der Waals surface area (Å²) < 4.78 is 45.4. The maximum absolute atomic E-state index is 12.8. The van der Waals surface area contributed by atoms with Crippen LogP contribution in [0.2, 0.25) is 0 Å². The molecular weight excluding hydrogens is 377 g/mol. The molecule has 0 bridgehead atoms. The van der Waals surface area contributed by atoms with E-state index in [4.69, 9.17) is 16.6 Å². The number of halogens is 3. The van der Waals surface area contributed by atoms with E-state index in [2.05, 4.69) is 15.7 Å². The SMILES string of the molecule is Cc1cc(NC(=S)NCc2ccco2)nn1Cc1cccc(C(F)(F)F)c1. The van der Waals surface area contributed by atoms with Gasteiger partial charge in [-0.1, -0.05) is 12.1 Å². The lowest BCUT2D eigenvalue weighted by molar-refractivity contribution is -0.137. The Labute approximate surface area is 159 Å². The highest BCUT2D eigenvalue weighted by Crippen LogP contribution is 2.29. The Balaban J connectivity index is 1.63. The second-order valence-electron chi connectivity index (χ2n) is 5.91. The van der Waals surface area contributed by atoms with Gasteiger partial charge in [0, 0.05) is 11.8 Å². The van der Waals surface area contributed by atoms with E-state index in [-0.39, 0.29) is 6.54 Å². The van der Waals surface area contributed by atoms with Crippen LogP contribution in [0, 0.1) is 6.92 Å². The molecule has 0 aliphatic carbocycles. The predicted molar refractivity (Wildman–Crippen MR) is 99.3 cm³/mol. The molecule has 0 aliphatic rings. The number of hydrogen-bond donors (Lipinski definition) is 2. The van der Waals surface area contributed by atoms with Crippen LogP contribution in [0.25, 0.3) is 0 Å². The van der Waals surface area contributed by atoms with E-state index >= 15 is 0 Å². The van der Waals surface area contributed by atoms with E-state index < -0.39 is 11.7 Å². The molecule has 0 radical (unpaired) electrons. The fourth-order valence-electron chi connectivity index (χ4n) is 2.49. The molecule has 3 rings (SSSR count). The van der Waals surface area contributed by atoms with Gasteiger partial charge in [0.15, 0.2) is 10.9 Å². The second kappa shape index (κ2) is 7.83. The van der Waals surface area contributed by atoms with Gasteiger partial charge in [-0.3, -0.25) is 4.68 Å². The maximum atomic E-state index is 12.8. The van der Waals surface area contributed by atoms with Crippen LogP contribution in [0.1, 0.15) is 22.6 Å². The van der Waals surface area contributed by atoms with Crippen molar-refractivity contribution in [3.8, 4) is 0 Å². The van der Waals surface area contributed by atoms with Crippen molar-refractivity contribution in [1.82, 2.24) is 15.1 Å². The highest BCUT2D eigenvalue weighted by Gasteiger charge is 2.30. The molecule has 0 fully saturated rings. The summed E-state index contributed by atoms with van der Waals surface area (Å²) in [5, 5.41) is 10.7. The van der Waals surface area contributed by atoms with Crippen molar-refractivity contribution in [2.24, 2.45) is 0 Å². The summed E-state index contributed by atoms with van der Waals surface area (Å²) >= 11 is 5.21. The first-order chi connectivity index (χ1) is 12.8. The molecule has 0 amide bonds. The van der Waals surface area contributed by atoms with Crippen molar-refractivity contribution >= 4 is 23.1 Å². The monoisotopic (exact) mass is 394 g/mol. The number of anilines is 1. The number of rotatable bonds is 5. The number of nitrogens with zero attached hydrogens (tertiary/aromatic N) is 2. The summed E-state index contributed by atoms with van der Waals surface area (Å²) in [6.45, 7) is 2.48. The smallest absolute Gasteiger partial charge is 0.416 e. The molecule has 1 aromatic carbocycles. The quantitative estimate of drug-likeness (QED) is 0.631. The van der Waals surface area contributed by atoms with Gasteiger partial charge < -0.3 is 15.1 Å². The van der Waals surface area contributed by atoms with Gasteiger partial charge in [-0.2, -0.15) is 18.3 Å². The van der Waals surface area contributed by atoms with E-state index in [0.717, 1.165) is 23.6 Å². The molecule has 2 aromatic heterocycles. The average Bonchev–Trinajstić information content (AvgIpc) is 3.23. The highest BCUT2D eigenvalue weighted by atomic mass is 32.1. The minimum absolute atomic E-state index is 0.226. The molecule has 27 heavy (non-hydrogen) atoms. The number of aromatic nitrogens is 2. The topological polar surface area (TPSA) is 55.0 Å². The van der Waals surface area contributed by atoms with Crippen molar-refractivity contribution in [2.75, 3.05) is 5.32 Å². The molecule has 2 N–H and O–H groups in total. The Kier molecular flexibility index (Phi) is 5.50. The number of thiocarbonyl (C=S) groups is 1. The van der Waals surface area contributed by atoms with E-state index in [1.165, 1.54) is 6.07 Å². The van der Waals surface area contributed by atoms with Crippen LogP contribution >= 0.6 is 12.2 Å². The van der Waals surface area contributed by atoms with Crippen LogP contribution in [0.15, 0.2) is 53.1 Å². The summed E-state index contributed by atoms with van der Waals surface area (Å²) in [6, 6.07) is 10.6. The Morgan fingerprint density at radius 1 is 1.22 bits per heavy atom. The summed E-state index contributed by atoms with van der Waals surface area (Å²) in [6.07, 6.45) is -2.79. The van der Waals surface area contributed by atoms with Crippen LogP contribution in [-0.2, 0) is 19.3 Å². The summed E-state index contributed by atoms with van der Waals surface area (Å²) in [7, 11) is 0. The van der Waals surface area contributed by atoms with Gasteiger partial charge in [-0.25, -0.2) is 0 Å². The number of furan rings is 1. The molecule has 0 spiro atoms. The third-order valence-corrected chi connectivity index (χ3v) is 4.06. The maximum Gasteiger partial charge on any atom is 0.416 e. The third kappa shape index (κ3) is 5.10. The third-order valence-electron chi connectivity index (χ3n) is 3.81. The molecule has 0 saturated heterocycles. The zero-order valence-electron chi connectivity index (χ0n) is 14.4. The van der Waals surface area contributed by atoms with Crippen molar-refractivity contribution in [3.63, 3.8) is 0 Å². The molecule has 0 aliphatic heterocycles. The number of nitrogens with one attached hydrogen (secondary N) is 2. The molecular formula is C18H17F3N4OS. The van der Waals surface area contributed by atoms with Gasteiger partial charge >= 0.3 is 6.18 Å². The van der Waals surface area contributed by atoms with Gasteiger partial charge in [-0.05, 0) is 49.0 Å². The minimum Gasteiger partial charge on any atom is -0.467 e. The van der Waals surface area contributed by atoms with Crippen LogP contribution in [0.4, 0.5) is 19.0 Å². The Morgan fingerprint density at radius 2 is 2.04 bits per heavy atom. The second-order valence-corrected chi connectivity index (χ2v) is 6.32. The van der Waals surface area contributed by atoms with Gasteiger partial charge in [0.2, 0.25) is 0 Å².